The minimum atomic E-state index is 0.187. The zero-order valence-corrected chi connectivity index (χ0v) is 11.8. The van der Waals surface area contributed by atoms with Crippen LogP contribution in [0.25, 0.3) is 0 Å². The highest BCUT2D eigenvalue weighted by Crippen LogP contribution is 2.15. The Morgan fingerprint density at radius 2 is 2.11 bits per heavy atom. The van der Waals surface area contributed by atoms with Crippen LogP contribution in [-0.2, 0) is 9.53 Å². The first-order chi connectivity index (χ1) is 9.20. The maximum Gasteiger partial charge on any atom is 0.242 e. The molecule has 0 bridgehead atoms. The van der Waals surface area contributed by atoms with Gasteiger partial charge < -0.3 is 14.5 Å². The normalized spacial score (nSPS) is 15.4. The highest BCUT2D eigenvalue weighted by Gasteiger charge is 2.19. The third kappa shape index (κ3) is 3.70. The summed E-state index contributed by atoms with van der Waals surface area (Å²) < 4.78 is 5.27. The SMILES string of the molecule is CCN(CC(=O)N1CCOCC1)c1cccc(C)c1. The van der Waals surface area contributed by atoms with Crippen molar-refractivity contribution in [2.75, 3.05) is 44.3 Å². The molecule has 1 aliphatic heterocycles. The van der Waals surface area contributed by atoms with Crippen molar-refractivity contribution in [3.63, 3.8) is 0 Å². The van der Waals surface area contributed by atoms with E-state index >= 15 is 0 Å². The van der Waals surface area contributed by atoms with Crippen molar-refractivity contribution in [2.24, 2.45) is 0 Å². The van der Waals surface area contributed by atoms with Crippen LogP contribution in [0.1, 0.15) is 12.5 Å². The van der Waals surface area contributed by atoms with E-state index in [1.807, 2.05) is 11.0 Å². The second-order valence-corrected chi connectivity index (χ2v) is 4.85. The summed E-state index contributed by atoms with van der Waals surface area (Å²) in [6.07, 6.45) is 0. The van der Waals surface area contributed by atoms with Crippen LogP contribution in [0.5, 0.6) is 0 Å². The molecule has 0 aromatic heterocycles. The van der Waals surface area contributed by atoms with Crippen LogP contribution >= 0.6 is 0 Å². The van der Waals surface area contributed by atoms with Gasteiger partial charge in [0.15, 0.2) is 0 Å². The average Bonchev–Trinajstić information content (AvgIpc) is 2.45. The van der Waals surface area contributed by atoms with E-state index in [0.29, 0.717) is 32.8 Å². The lowest BCUT2D eigenvalue weighted by Gasteiger charge is -2.30. The quantitative estimate of drug-likeness (QED) is 0.827. The smallest absolute Gasteiger partial charge is 0.242 e. The van der Waals surface area contributed by atoms with Gasteiger partial charge in [0.2, 0.25) is 5.91 Å². The van der Waals surface area contributed by atoms with Gasteiger partial charge in [-0.2, -0.15) is 0 Å². The number of nitrogens with zero attached hydrogens (tertiary/aromatic N) is 2. The molecule has 0 spiro atoms. The van der Waals surface area contributed by atoms with Crippen molar-refractivity contribution >= 4 is 11.6 Å². The summed E-state index contributed by atoms with van der Waals surface area (Å²) in [5.41, 5.74) is 2.33. The molecule has 0 unspecified atom stereocenters. The Bertz CT molecular complexity index is 428. The van der Waals surface area contributed by atoms with Crippen LogP contribution in [0.3, 0.4) is 0 Å². The van der Waals surface area contributed by atoms with Gasteiger partial charge in [0.05, 0.1) is 19.8 Å². The lowest BCUT2D eigenvalue weighted by Crippen LogP contribution is -2.45. The average molecular weight is 262 g/mol. The molecular formula is C15H22N2O2. The van der Waals surface area contributed by atoms with Crippen LogP contribution in [0.2, 0.25) is 0 Å². The summed E-state index contributed by atoms with van der Waals surface area (Å²) in [6.45, 7) is 8.16. The molecular weight excluding hydrogens is 240 g/mol. The number of likely N-dealkylation sites (N-methyl/N-ethyl adjacent to an activating group) is 1. The zero-order valence-electron chi connectivity index (χ0n) is 11.8. The van der Waals surface area contributed by atoms with E-state index in [1.165, 1.54) is 5.56 Å². The van der Waals surface area contributed by atoms with Crippen molar-refractivity contribution in [3.05, 3.63) is 29.8 Å². The van der Waals surface area contributed by atoms with E-state index in [4.69, 9.17) is 4.74 Å². The fourth-order valence-corrected chi connectivity index (χ4v) is 2.29. The molecule has 1 amide bonds. The van der Waals surface area contributed by atoms with E-state index in [0.717, 1.165) is 12.2 Å². The van der Waals surface area contributed by atoms with E-state index in [9.17, 15) is 4.79 Å². The van der Waals surface area contributed by atoms with E-state index in [1.54, 1.807) is 0 Å². The molecule has 2 rings (SSSR count). The molecule has 1 aliphatic rings. The molecule has 4 heteroatoms. The monoisotopic (exact) mass is 262 g/mol. The highest BCUT2D eigenvalue weighted by atomic mass is 16.5. The third-order valence-corrected chi connectivity index (χ3v) is 3.44. The van der Waals surface area contributed by atoms with Crippen LogP contribution < -0.4 is 4.90 Å². The maximum absolute atomic E-state index is 12.3. The van der Waals surface area contributed by atoms with Gasteiger partial charge in [0.25, 0.3) is 0 Å². The summed E-state index contributed by atoms with van der Waals surface area (Å²) in [6, 6.07) is 8.28. The van der Waals surface area contributed by atoms with Crippen molar-refractivity contribution < 1.29 is 9.53 Å². The number of amides is 1. The van der Waals surface area contributed by atoms with Gasteiger partial charge in [-0.15, -0.1) is 0 Å². The van der Waals surface area contributed by atoms with Gasteiger partial charge in [-0.05, 0) is 31.5 Å². The molecule has 0 aliphatic carbocycles. The fourth-order valence-electron chi connectivity index (χ4n) is 2.29. The lowest BCUT2D eigenvalue weighted by atomic mass is 10.2. The van der Waals surface area contributed by atoms with Crippen molar-refractivity contribution in [3.8, 4) is 0 Å². The van der Waals surface area contributed by atoms with Crippen molar-refractivity contribution in [1.29, 1.82) is 0 Å². The standard InChI is InChI=1S/C15H22N2O2/c1-3-16(14-6-4-5-13(2)11-14)12-15(18)17-7-9-19-10-8-17/h4-6,11H,3,7-10,12H2,1-2H3. The summed E-state index contributed by atoms with van der Waals surface area (Å²) in [7, 11) is 0. The fraction of sp³-hybridized carbons (Fsp3) is 0.533. The third-order valence-electron chi connectivity index (χ3n) is 3.44. The Balaban J connectivity index is 2.00. The van der Waals surface area contributed by atoms with Crippen LogP contribution in [0.15, 0.2) is 24.3 Å². The van der Waals surface area contributed by atoms with Crippen LogP contribution in [0.4, 0.5) is 5.69 Å². The summed E-state index contributed by atoms with van der Waals surface area (Å²) in [5, 5.41) is 0. The summed E-state index contributed by atoms with van der Waals surface area (Å²) in [5.74, 6) is 0.187. The predicted octanol–water partition coefficient (Wildman–Crippen LogP) is 1.68. The molecule has 4 nitrogen and oxygen atoms in total. The molecule has 1 heterocycles. The number of hydrogen-bond acceptors (Lipinski definition) is 3. The maximum atomic E-state index is 12.3. The Morgan fingerprint density at radius 1 is 1.37 bits per heavy atom. The molecule has 0 saturated carbocycles. The van der Waals surface area contributed by atoms with Gasteiger partial charge in [-0.25, -0.2) is 0 Å². The number of benzene rings is 1. The van der Waals surface area contributed by atoms with E-state index in [-0.39, 0.29) is 5.91 Å². The van der Waals surface area contributed by atoms with Crippen molar-refractivity contribution in [1.82, 2.24) is 4.90 Å². The van der Waals surface area contributed by atoms with E-state index < -0.39 is 0 Å². The first-order valence-electron chi connectivity index (χ1n) is 6.88. The molecule has 0 radical (unpaired) electrons. The minimum Gasteiger partial charge on any atom is -0.378 e. The summed E-state index contributed by atoms with van der Waals surface area (Å²) >= 11 is 0. The van der Waals surface area contributed by atoms with Gasteiger partial charge in [0.1, 0.15) is 0 Å². The number of rotatable bonds is 4. The Labute approximate surface area is 115 Å². The zero-order chi connectivity index (χ0) is 13.7. The predicted molar refractivity (Wildman–Crippen MR) is 76.5 cm³/mol. The lowest BCUT2D eigenvalue weighted by molar-refractivity contribution is -0.133. The summed E-state index contributed by atoms with van der Waals surface area (Å²) in [4.78, 5) is 16.3. The number of hydrogen-bond donors (Lipinski definition) is 0. The number of carbonyl (C=O) groups excluding carboxylic acids is 1. The number of aryl methyl sites for hydroxylation is 1. The second kappa shape index (κ2) is 6.57. The van der Waals surface area contributed by atoms with Gasteiger partial charge in [-0.3, -0.25) is 4.79 Å². The number of anilines is 1. The molecule has 1 aromatic carbocycles. The van der Waals surface area contributed by atoms with Crippen LogP contribution in [0, 0.1) is 6.92 Å². The van der Waals surface area contributed by atoms with E-state index in [2.05, 4.69) is 36.9 Å². The molecule has 1 aromatic rings. The Morgan fingerprint density at radius 3 is 2.74 bits per heavy atom. The molecule has 0 atom stereocenters. The van der Waals surface area contributed by atoms with Gasteiger partial charge in [0, 0.05) is 25.3 Å². The first kappa shape index (κ1) is 13.9. The highest BCUT2D eigenvalue weighted by molar-refractivity contribution is 5.81. The first-order valence-corrected chi connectivity index (χ1v) is 6.88. The molecule has 1 saturated heterocycles. The number of morpholine rings is 1. The Hall–Kier alpha value is -1.55. The number of carbonyl (C=O) groups is 1. The topological polar surface area (TPSA) is 32.8 Å². The minimum absolute atomic E-state index is 0.187. The molecule has 1 fully saturated rings. The Kier molecular flexibility index (Phi) is 4.80. The largest absolute Gasteiger partial charge is 0.378 e. The second-order valence-electron chi connectivity index (χ2n) is 4.85. The molecule has 0 N–H and O–H groups in total. The van der Waals surface area contributed by atoms with Crippen LogP contribution in [-0.4, -0.2) is 50.2 Å². The molecule has 19 heavy (non-hydrogen) atoms. The molecule has 104 valence electrons. The van der Waals surface area contributed by atoms with Gasteiger partial charge in [-0.1, -0.05) is 12.1 Å². The van der Waals surface area contributed by atoms with Crippen molar-refractivity contribution in [2.45, 2.75) is 13.8 Å². The van der Waals surface area contributed by atoms with Gasteiger partial charge >= 0.3 is 0 Å². The number of ether oxygens (including phenoxy) is 1.